The van der Waals surface area contributed by atoms with Gasteiger partial charge in [-0.2, -0.15) is 18.2 Å². The maximum atomic E-state index is 13.8. The van der Waals surface area contributed by atoms with Crippen LogP contribution in [0.2, 0.25) is 5.02 Å². The van der Waals surface area contributed by atoms with Crippen LogP contribution < -0.4 is 16.4 Å². The van der Waals surface area contributed by atoms with Crippen molar-refractivity contribution in [1.82, 2.24) is 20.5 Å². The molecule has 29 heavy (non-hydrogen) atoms. The van der Waals surface area contributed by atoms with Crippen molar-refractivity contribution in [2.24, 2.45) is 0 Å². The maximum absolute atomic E-state index is 13.8. The number of hydrogen-bond acceptors (Lipinski definition) is 6. The van der Waals surface area contributed by atoms with Crippen LogP contribution in [0.25, 0.3) is 5.57 Å². The molecule has 0 unspecified atom stereocenters. The molecule has 1 aliphatic carbocycles. The molecule has 156 valence electrons. The van der Waals surface area contributed by atoms with Gasteiger partial charge in [0.25, 0.3) is 0 Å². The number of allylic oxidation sites excluding steroid dienone is 4. The van der Waals surface area contributed by atoms with Crippen LogP contribution in [0.15, 0.2) is 30.0 Å². The minimum Gasteiger partial charge on any atom is -0.497 e. The molecule has 1 aromatic carbocycles. The van der Waals surface area contributed by atoms with Gasteiger partial charge in [-0.25, -0.2) is 5.10 Å². The smallest absolute Gasteiger partial charge is 0.417 e. The van der Waals surface area contributed by atoms with Gasteiger partial charge in [0.1, 0.15) is 6.61 Å². The first-order valence-corrected chi connectivity index (χ1v) is 9.19. The number of anilines is 3. The van der Waals surface area contributed by atoms with Crippen LogP contribution in [-0.2, 0) is 10.9 Å². The molecule has 3 rings (SSSR count). The topological polar surface area (TPSA) is 101 Å². The van der Waals surface area contributed by atoms with E-state index in [1.807, 2.05) is 7.05 Å². The van der Waals surface area contributed by atoms with Gasteiger partial charge >= 0.3 is 6.18 Å². The molecule has 1 heterocycles. The number of ether oxygens (including phenoxy) is 1. The highest BCUT2D eigenvalue weighted by Crippen LogP contribution is 2.43. The zero-order valence-electron chi connectivity index (χ0n) is 15.5. The molecule has 1 aliphatic rings. The fraction of sp³-hybridized carbons (Fsp3) is 0.333. The average molecular weight is 429 g/mol. The van der Waals surface area contributed by atoms with E-state index in [0.29, 0.717) is 31.6 Å². The number of H-pyrrole nitrogens is 1. The summed E-state index contributed by atoms with van der Waals surface area (Å²) in [5.74, 6) is 0.815. The van der Waals surface area contributed by atoms with E-state index in [4.69, 9.17) is 22.1 Å². The minimum absolute atomic E-state index is 0.0231. The standard InChI is InChI=1S/C18H20ClF3N6O/c1-24-6-7-29-12-4-2-10(3-5-12)15-13(18(20,21)22)8-11(9-14(15)19)25-17-26-16(23)27-28-17/h2,4,8-9,24H,3,5-7H2,1H3,(H4,23,25,26,27,28). The largest absolute Gasteiger partial charge is 0.497 e. The SMILES string of the molecule is CNCCOC1=CC=C(c2c(Cl)cc(Nc3n[nH]c(N)n3)cc2C(F)(F)F)CC1. The Bertz CT molecular complexity index is 938. The number of rotatable bonds is 7. The van der Waals surface area contributed by atoms with Gasteiger partial charge in [-0.3, -0.25) is 0 Å². The third-order valence-electron chi connectivity index (χ3n) is 4.23. The number of nitrogens with one attached hydrogen (secondary N) is 3. The average Bonchev–Trinajstić information content (AvgIpc) is 3.06. The molecular formula is C18H20ClF3N6O. The number of benzene rings is 1. The van der Waals surface area contributed by atoms with Crippen molar-refractivity contribution < 1.29 is 17.9 Å². The number of nitrogens with two attached hydrogens (primary N) is 1. The van der Waals surface area contributed by atoms with E-state index in [2.05, 4.69) is 25.8 Å². The Morgan fingerprint density at radius 1 is 1.28 bits per heavy atom. The van der Waals surface area contributed by atoms with Crippen LogP contribution in [0.4, 0.5) is 30.8 Å². The number of alkyl halides is 3. The third kappa shape index (κ3) is 5.21. The lowest BCUT2D eigenvalue weighted by Crippen LogP contribution is -2.15. The van der Waals surface area contributed by atoms with Crippen LogP contribution in [0.1, 0.15) is 24.0 Å². The Kier molecular flexibility index (Phi) is 6.33. The van der Waals surface area contributed by atoms with Crippen LogP contribution >= 0.6 is 11.6 Å². The van der Waals surface area contributed by atoms with Gasteiger partial charge in [0.15, 0.2) is 0 Å². The van der Waals surface area contributed by atoms with Gasteiger partial charge in [-0.15, -0.1) is 5.10 Å². The summed E-state index contributed by atoms with van der Waals surface area (Å²) in [5, 5.41) is 11.8. The number of halogens is 4. The third-order valence-corrected chi connectivity index (χ3v) is 4.52. The van der Waals surface area contributed by atoms with E-state index in [1.54, 1.807) is 12.2 Å². The van der Waals surface area contributed by atoms with Crippen LogP contribution in [-0.4, -0.2) is 35.4 Å². The summed E-state index contributed by atoms with van der Waals surface area (Å²) in [7, 11) is 1.81. The Balaban J connectivity index is 1.92. The lowest BCUT2D eigenvalue weighted by Gasteiger charge is -2.21. The zero-order chi connectivity index (χ0) is 21.0. The predicted molar refractivity (Wildman–Crippen MR) is 106 cm³/mol. The van der Waals surface area contributed by atoms with Gasteiger partial charge in [0, 0.05) is 24.2 Å². The summed E-state index contributed by atoms with van der Waals surface area (Å²) in [4.78, 5) is 3.82. The van der Waals surface area contributed by atoms with E-state index in [9.17, 15) is 13.2 Å². The zero-order valence-corrected chi connectivity index (χ0v) is 16.3. The number of hydrogen-bond donors (Lipinski definition) is 4. The number of likely N-dealkylation sites (N-methyl/N-ethyl adjacent to an activating group) is 1. The second-order valence-electron chi connectivity index (χ2n) is 6.32. The number of aromatic amines is 1. The van der Waals surface area contributed by atoms with Crippen molar-refractivity contribution in [2.45, 2.75) is 19.0 Å². The van der Waals surface area contributed by atoms with E-state index >= 15 is 0 Å². The normalized spacial score (nSPS) is 14.4. The van der Waals surface area contributed by atoms with Gasteiger partial charge in [-0.1, -0.05) is 17.7 Å². The molecule has 7 nitrogen and oxygen atoms in total. The lowest BCUT2D eigenvalue weighted by atomic mass is 9.92. The summed E-state index contributed by atoms with van der Waals surface area (Å²) in [6.07, 6.45) is -0.397. The van der Waals surface area contributed by atoms with E-state index in [0.717, 1.165) is 11.8 Å². The van der Waals surface area contributed by atoms with E-state index in [1.165, 1.54) is 6.07 Å². The van der Waals surface area contributed by atoms with Crippen molar-refractivity contribution in [2.75, 3.05) is 31.2 Å². The van der Waals surface area contributed by atoms with Gasteiger partial charge in [-0.05, 0) is 37.3 Å². The Hall–Kier alpha value is -2.72. The highest BCUT2D eigenvalue weighted by Gasteiger charge is 2.36. The van der Waals surface area contributed by atoms with Crippen LogP contribution in [0.5, 0.6) is 0 Å². The highest BCUT2D eigenvalue weighted by atomic mass is 35.5. The fourth-order valence-electron chi connectivity index (χ4n) is 2.92. The van der Waals surface area contributed by atoms with Crippen LogP contribution in [0.3, 0.4) is 0 Å². The molecule has 0 spiro atoms. The lowest BCUT2D eigenvalue weighted by molar-refractivity contribution is -0.137. The quantitative estimate of drug-likeness (QED) is 0.495. The first kappa shape index (κ1) is 21.0. The van der Waals surface area contributed by atoms with Gasteiger partial charge in [0.05, 0.1) is 16.3 Å². The molecule has 0 saturated carbocycles. The Morgan fingerprint density at radius 3 is 2.66 bits per heavy atom. The summed E-state index contributed by atoms with van der Waals surface area (Å²) < 4.78 is 46.9. The Morgan fingerprint density at radius 2 is 2.07 bits per heavy atom. The van der Waals surface area contributed by atoms with Crippen molar-refractivity contribution in [3.63, 3.8) is 0 Å². The molecule has 0 aliphatic heterocycles. The maximum Gasteiger partial charge on any atom is 0.417 e. The fourth-order valence-corrected chi connectivity index (χ4v) is 3.26. The molecule has 0 saturated heterocycles. The van der Waals surface area contributed by atoms with Crippen molar-refractivity contribution in [1.29, 1.82) is 0 Å². The predicted octanol–water partition coefficient (Wildman–Crippen LogP) is 4.10. The van der Waals surface area contributed by atoms with Crippen molar-refractivity contribution >= 4 is 34.8 Å². The van der Waals surface area contributed by atoms with Crippen molar-refractivity contribution in [3.05, 3.63) is 46.2 Å². The molecule has 2 aromatic rings. The Labute approximate surface area is 170 Å². The first-order valence-electron chi connectivity index (χ1n) is 8.81. The highest BCUT2D eigenvalue weighted by molar-refractivity contribution is 6.32. The molecule has 0 amide bonds. The van der Waals surface area contributed by atoms with E-state index < -0.39 is 11.7 Å². The monoisotopic (exact) mass is 428 g/mol. The van der Waals surface area contributed by atoms with Crippen molar-refractivity contribution in [3.8, 4) is 0 Å². The molecule has 0 fully saturated rings. The second kappa shape index (κ2) is 8.75. The van der Waals surface area contributed by atoms with E-state index in [-0.39, 0.29) is 28.2 Å². The molecule has 0 atom stereocenters. The molecule has 11 heteroatoms. The first-order chi connectivity index (χ1) is 13.8. The van der Waals surface area contributed by atoms with Gasteiger partial charge in [0.2, 0.25) is 11.9 Å². The molecule has 5 N–H and O–H groups in total. The molecule has 0 bridgehead atoms. The molecular weight excluding hydrogens is 409 g/mol. The summed E-state index contributed by atoms with van der Waals surface area (Å²) in [5.41, 5.74) is 5.16. The summed E-state index contributed by atoms with van der Waals surface area (Å²) in [6, 6.07) is 2.39. The molecule has 1 aromatic heterocycles. The summed E-state index contributed by atoms with van der Waals surface area (Å²) in [6.45, 7) is 1.18. The van der Waals surface area contributed by atoms with Crippen LogP contribution in [0, 0.1) is 0 Å². The molecule has 0 radical (unpaired) electrons. The van der Waals surface area contributed by atoms with Gasteiger partial charge < -0.3 is 21.1 Å². The number of nitrogen functional groups attached to an aromatic ring is 1. The second-order valence-corrected chi connectivity index (χ2v) is 6.73. The number of nitrogens with zero attached hydrogens (tertiary/aromatic N) is 2. The summed E-state index contributed by atoms with van der Waals surface area (Å²) >= 11 is 6.27. The minimum atomic E-state index is -4.59. The number of aromatic nitrogens is 3.